The maximum Gasteiger partial charge on any atom is 0.133 e. The van der Waals surface area contributed by atoms with Gasteiger partial charge in [-0.3, -0.25) is 0 Å². The predicted molar refractivity (Wildman–Crippen MR) is 65.9 cm³/mol. The van der Waals surface area contributed by atoms with Gasteiger partial charge in [0.2, 0.25) is 0 Å². The number of hydrogen-bond acceptors (Lipinski definition) is 4. The molecule has 90 valence electrons. The first kappa shape index (κ1) is 12.9. The Hall–Kier alpha value is -1.16. The molecule has 0 bridgehead atoms. The molecule has 0 saturated heterocycles. The number of rotatable bonds is 6. The lowest BCUT2D eigenvalue weighted by Crippen LogP contribution is -2.10. The van der Waals surface area contributed by atoms with Crippen LogP contribution in [0.4, 0.5) is 5.82 Å². The van der Waals surface area contributed by atoms with E-state index in [9.17, 15) is 0 Å². The molecule has 0 aliphatic carbocycles. The van der Waals surface area contributed by atoms with Gasteiger partial charge in [-0.05, 0) is 20.3 Å². The highest BCUT2D eigenvalue weighted by Crippen LogP contribution is 2.16. The largest absolute Gasteiger partial charge is 0.384 e. The van der Waals surface area contributed by atoms with Crippen molar-refractivity contribution in [2.75, 3.05) is 25.6 Å². The Labute approximate surface area is 97.5 Å². The minimum Gasteiger partial charge on any atom is -0.384 e. The lowest BCUT2D eigenvalue weighted by atomic mass is 10.2. The molecule has 0 amide bonds. The van der Waals surface area contributed by atoms with Gasteiger partial charge < -0.3 is 10.1 Å². The second-order valence-corrected chi connectivity index (χ2v) is 3.69. The lowest BCUT2D eigenvalue weighted by molar-refractivity contribution is 0.200. The quantitative estimate of drug-likeness (QED) is 0.801. The highest BCUT2D eigenvalue weighted by molar-refractivity contribution is 5.45. The molecule has 0 unspecified atom stereocenters. The number of ether oxygens (including phenoxy) is 1. The fourth-order valence-electron chi connectivity index (χ4n) is 1.60. The molecule has 4 heteroatoms. The van der Waals surface area contributed by atoms with Crippen LogP contribution in [0.2, 0.25) is 0 Å². The molecule has 1 rings (SSSR count). The van der Waals surface area contributed by atoms with Crippen molar-refractivity contribution in [1.82, 2.24) is 9.97 Å². The number of aromatic nitrogens is 2. The maximum absolute atomic E-state index is 5.05. The number of hydrogen-bond donors (Lipinski definition) is 1. The Morgan fingerprint density at radius 3 is 2.56 bits per heavy atom. The number of methoxy groups -OCH3 is 1. The van der Waals surface area contributed by atoms with Crippen LogP contribution in [0.5, 0.6) is 0 Å². The summed E-state index contributed by atoms with van der Waals surface area (Å²) in [6, 6.07) is 0. The summed E-state index contributed by atoms with van der Waals surface area (Å²) in [6.45, 7) is 7.80. The molecular weight excluding hydrogens is 202 g/mol. The van der Waals surface area contributed by atoms with Crippen molar-refractivity contribution in [2.24, 2.45) is 0 Å². The topological polar surface area (TPSA) is 47.0 Å². The van der Waals surface area contributed by atoms with Crippen LogP contribution in [0, 0.1) is 6.92 Å². The van der Waals surface area contributed by atoms with Crippen LogP contribution in [0.3, 0.4) is 0 Å². The minimum atomic E-state index is 0.664. The van der Waals surface area contributed by atoms with Gasteiger partial charge >= 0.3 is 0 Å². The van der Waals surface area contributed by atoms with Gasteiger partial charge in [0.25, 0.3) is 0 Å². The second-order valence-electron chi connectivity index (χ2n) is 3.69. The fourth-order valence-corrected chi connectivity index (χ4v) is 1.60. The Kier molecular flexibility index (Phi) is 5.19. The van der Waals surface area contributed by atoms with Crippen LogP contribution in [0.25, 0.3) is 0 Å². The predicted octanol–water partition coefficient (Wildman–Crippen LogP) is 1.97. The minimum absolute atomic E-state index is 0.664. The van der Waals surface area contributed by atoms with Crippen molar-refractivity contribution in [3.63, 3.8) is 0 Å². The van der Waals surface area contributed by atoms with Crippen LogP contribution in [-0.4, -0.2) is 30.2 Å². The summed E-state index contributed by atoms with van der Waals surface area (Å²) < 4.78 is 5.05. The average Bonchev–Trinajstić information content (AvgIpc) is 2.30. The van der Waals surface area contributed by atoms with Gasteiger partial charge in [-0.1, -0.05) is 6.92 Å². The van der Waals surface area contributed by atoms with E-state index in [0.717, 1.165) is 42.3 Å². The fraction of sp³-hybridized carbons (Fsp3) is 0.667. The summed E-state index contributed by atoms with van der Waals surface area (Å²) >= 11 is 0. The summed E-state index contributed by atoms with van der Waals surface area (Å²) in [6.07, 6.45) is 1.70. The summed E-state index contributed by atoms with van der Waals surface area (Å²) in [5.41, 5.74) is 2.28. The molecule has 1 heterocycles. The second kappa shape index (κ2) is 6.43. The highest BCUT2D eigenvalue weighted by Gasteiger charge is 2.08. The first-order valence-corrected chi connectivity index (χ1v) is 5.82. The monoisotopic (exact) mass is 223 g/mol. The molecule has 0 fully saturated rings. The van der Waals surface area contributed by atoms with Gasteiger partial charge in [0.15, 0.2) is 0 Å². The SMILES string of the molecule is CCNc1nc(CCOC)nc(CC)c1C. The molecule has 16 heavy (non-hydrogen) atoms. The summed E-state index contributed by atoms with van der Waals surface area (Å²) in [4.78, 5) is 9.05. The van der Waals surface area contributed by atoms with E-state index < -0.39 is 0 Å². The molecule has 0 saturated carbocycles. The zero-order valence-electron chi connectivity index (χ0n) is 10.6. The standard InChI is InChI=1S/C12H21N3O/c1-5-10-9(3)12(13-6-2)15-11(14-10)7-8-16-4/h5-8H2,1-4H3,(H,13,14,15). The van der Waals surface area contributed by atoms with Crippen LogP contribution in [-0.2, 0) is 17.6 Å². The summed E-state index contributed by atoms with van der Waals surface area (Å²) in [5, 5.41) is 3.28. The van der Waals surface area contributed by atoms with Gasteiger partial charge in [0, 0.05) is 31.3 Å². The molecule has 0 aromatic carbocycles. The molecule has 0 aliphatic rings. The Morgan fingerprint density at radius 1 is 1.25 bits per heavy atom. The van der Waals surface area contributed by atoms with Gasteiger partial charge in [-0.25, -0.2) is 9.97 Å². The summed E-state index contributed by atoms with van der Waals surface area (Å²) in [5.74, 6) is 1.82. The number of anilines is 1. The third-order valence-electron chi connectivity index (χ3n) is 2.50. The van der Waals surface area contributed by atoms with Gasteiger partial charge in [0.05, 0.1) is 6.61 Å². The van der Waals surface area contributed by atoms with E-state index in [2.05, 4.69) is 36.1 Å². The Morgan fingerprint density at radius 2 is 2.00 bits per heavy atom. The van der Waals surface area contributed by atoms with Gasteiger partial charge in [-0.2, -0.15) is 0 Å². The number of nitrogens with one attached hydrogen (secondary N) is 1. The van der Waals surface area contributed by atoms with Crippen molar-refractivity contribution in [2.45, 2.75) is 33.6 Å². The molecule has 1 aromatic heterocycles. The zero-order chi connectivity index (χ0) is 12.0. The van der Waals surface area contributed by atoms with Crippen molar-refractivity contribution < 1.29 is 4.74 Å². The number of aryl methyl sites for hydroxylation is 1. The maximum atomic E-state index is 5.05. The number of nitrogens with zero attached hydrogens (tertiary/aromatic N) is 2. The van der Waals surface area contributed by atoms with Crippen LogP contribution >= 0.6 is 0 Å². The van der Waals surface area contributed by atoms with E-state index in [4.69, 9.17) is 4.74 Å². The Bertz CT molecular complexity index is 339. The van der Waals surface area contributed by atoms with E-state index in [1.54, 1.807) is 7.11 Å². The van der Waals surface area contributed by atoms with E-state index in [0.29, 0.717) is 6.61 Å². The molecule has 1 aromatic rings. The molecule has 4 nitrogen and oxygen atoms in total. The normalized spacial score (nSPS) is 10.5. The van der Waals surface area contributed by atoms with Crippen molar-refractivity contribution in [3.8, 4) is 0 Å². The van der Waals surface area contributed by atoms with Gasteiger partial charge in [0.1, 0.15) is 11.6 Å². The van der Waals surface area contributed by atoms with Crippen LogP contribution in [0.15, 0.2) is 0 Å². The van der Waals surface area contributed by atoms with Crippen LogP contribution < -0.4 is 5.32 Å². The first-order chi connectivity index (χ1) is 7.72. The van der Waals surface area contributed by atoms with E-state index >= 15 is 0 Å². The average molecular weight is 223 g/mol. The van der Waals surface area contributed by atoms with E-state index in [1.807, 2.05) is 0 Å². The zero-order valence-corrected chi connectivity index (χ0v) is 10.6. The highest BCUT2D eigenvalue weighted by atomic mass is 16.5. The van der Waals surface area contributed by atoms with Crippen molar-refractivity contribution in [3.05, 3.63) is 17.1 Å². The third-order valence-corrected chi connectivity index (χ3v) is 2.50. The molecule has 0 aliphatic heterocycles. The van der Waals surface area contributed by atoms with E-state index in [1.165, 1.54) is 0 Å². The lowest BCUT2D eigenvalue weighted by Gasteiger charge is -2.12. The first-order valence-electron chi connectivity index (χ1n) is 5.82. The molecule has 1 N–H and O–H groups in total. The molecule has 0 atom stereocenters. The molecular formula is C12H21N3O. The van der Waals surface area contributed by atoms with Crippen LogP contribution in [0.1, 0.15) is 30.9 Å². The van der Waals surface area contributed by atoms with Crippen molar-refractivity contribution >= 4 is 5.82 Å². The van der Waals surface area contributed by atoms with E-state index in [-0.39, 0.29) is 0 Å². The summed E-state index contributed by atoms with van der Waals surface area (Å²) in [7, 11) is 1.69. The smallest absolute Gasteiger partial charge is 0.133 e. The molecule has 0 radical (unpaired) electrons. The Balaban J connectivity index is 2.97. The molecule has 0 spiro atoms. The third kappa shape index (κ3) is 3.17. The van der Waals surface area contributed by atoms with Crippen molar-refractivity contribution in [1.29, 1.82) is 0 Å². The van der Waals surface area contributed by atoms with Gasteiger partial charge in [-0.15, -0.1) is 0 Å².